The molecule has 4 N–H and O–H groups in total. The van der Waals surface area contributed by atoms with Crippen LogP contribution >= 0.6 is 0 Å². The zero-order valence-corrected chi connectivity index (χ0v) is 9.16. The van der Waals surface area contributed by atoms with Gasteiger partial charge in [0, 0.05) is 14.0 Å². The van der Waals surface area contributed by atoms with Gasteiger partial charge >= 0.3 is 0 Å². The fraction of sp³-hybridized carbons (Fsp3) is 0.889. The van der Waals surface area contributed by atoms with Crippen molar-refractivity contribution >= 4 is 5.91 Å². The molecule has 0 bridgehead atoms. The average Bonchev–Trinajstić information content (AvgIpc) is 2.25. The third-order valence-corrected chi connectivity index (χ3v) is 2.48. The highest BCUT2D eigenvalue weighted by Gasteiger charge is 2.44. The largest absolute Gasteiger partial charge is 0.394 e. The van der Waals surface area contributed by atoms with Crippen molar-refractivity contribution in [2.75, 3.05) is 13.7 Å². The van der Waals surface area contributed by atoms with Crippen molar-refractivity contribution in [3.63, 3.8) is 0 Å². The van der Waals surface area contributed by atoms with Crippen LogP contribution in [-0.4, -0.2) is 65.6 Å². The van der Waals surface area contributed by atoms with Gasteiger partial charge in [-0.05, 0) is 0 Å². The fourth-order valence-corrected chi connectivity index (χ4v) is 1.67. The molecule has 7 heteroatoms. The number of ether oxygens (including phenoxy) is 2. The second-order valence-corrected chi connectivity index (χ2v) is 3.67. The van der Waals surface area contributed by atoms with E-state index >= 15 is 0 Å². The van der Waals surface area contributed by atoms with E-state index in [1.165, 1.54) is 14.0 Å². The van der Waals surface area contributed by atoms with E-state index in [0.29, 0.717) is 0 Å². The molecule has 16 heavy (non-hydrogen) atoms. The number of rotatable bonds is 3. The SMILES string of the molecule is CO[13C@@H]1O[C@H](CO)[C@@H](O)[C@H](O)[C@H]1[15NH][13C]([13CH3])=O. The van der Waals surface area contributed by atoms with Gasteiger partial charge in [-0.3, -0.25) is 4.79 Å². The molecule has 1 saturated heterocycles. The standard InChI is InChI=1S/C9H17NO6/c1-4(12)10-6-8(14)7(13)5(3-11)16-9(6)15-2/h5-9,11,13-14H,3H2,1-2H3,(H,10,12)/t5-,6-,7-,8-,9-/m1/s1/i1+1,4+1,9+1,10+1. The molecule has 0 spiro atoms. The van der Waals surface area contributed by atoms with Gasteiger partial charge in [0.15, 0.2) is 6.29 Å². The molecule has 1 heterocycles. The second kappa shape index (κ2) is 5.55. The van der Waals surface area contributed by atoms with Crippen molar-refractivity contribution in [1.29, 1.82) is 0 Å². The van der Waals surface area contributed by atoms with Crippen molar-refractivity contribution in [2.24, 2.45) is 0 Å². The maximum Gasteiger partial charge on any atom is 0.217 e. The Labute approximate surface area is 93.0 Å². The van der Waals surface area contributed by atoms with Crippen LogP contribution in [0.25, 0.3) is 0 Å². The first-order chi connectivity index (χ1) is 7.51. The summed E-state index contributed by atoms with van der Waals surface area (Å²) in [5, 5.41) is 30.7. The van der Waals surface area contributed by atoms with Crippen LogP contribution in [0.15, 0.2) is 0 Å². The summed E-state index contributed by atoms with van der Waals surface area (Å²) in [5.41, 5.74) is 0. The van der Waals surface area contributed by atoms with Crippen LogP contribution in [0.4, 0.5) is 0 Å². The summed E-state index contributed by atoms with van der Waals surface area (Å²) >= 11 is 0. The van der Waals surface area contributed by atoms with Crippen molar-refractivity contribution in [1.82, 2.24) is 5.32 Å². The van der Waals surface area contributed by atoms with Gasteiger partial charge in [-0.2, -0.15) is 0 Å². The predicted molar refractivity (Wildman–Crippen MR) is 52.4 cm³/mol. The van der Waals surface area contributed by atoms with Crippen LogP contribution in [-0.2, 0) is 14.3 Å². The summed E-state index contributed by atoms with van der Waals surface area (Å²) in [6.07, 6.45) is -4.35. The van der Waals surface area contributed by atoms with E-state index in [1.807, 2.05) is 0 Å². The highest BCUT2D eigenvalue weighted by molar-refractivity contribution is 5.73. The van der Waals surface area contributed by atoms with Gasteiger partial charge in [0.05, 0.1) is 6.61 Å². The lowest BCUT2D eigenvalue weighted by Crippen LogP contribution is -2.64. The van der Waals surface area contributed by atoms with Crippen molar-refractivity contribution in [3.05, 3.63) is 0 Å². The van der Waals surface area contributed by atoms with Crippen molar-refractivity contribution in [3.8, 4) is 0 Å². The molecule has 0 radical (unpaired) electrons. The highest BCUT2D eigenvalue weighted by Crippen LogP contribution is 2.21. The van der Waals surface area contributed by atoms with E-state index in [-0.39, 0.29) is 5.91 Å². The number of methoxy groups -OCH3 is 1. The monoisotopic (exact) mass is 239 g/mol. The molecule has 0 aliphatic carbocycles. The molecule has 1 amide bonds. The molecular formula is C9H17NO6. The van der Waals surface area contributed by atoms with Crippen molar-refractivity contribution in [2.45, 2.75) is 37.6 Å². The molecule has 0 aromatic rings. The van der Waals surface area contributed by atoms with Crippen LogP contribution in [0, 0.1) is 0 Å². The minimum Gasteiger partial charge on any atom is -0.394 e. The first kappa shape index (κ1) is 13.3. The Hall–Kier alpha value is -0.730. The number of hydrogen-bond acceptors (Lipinski definition) is 6. The van der Waals surface area contributed by atoms with Crippen LogP contribution in [0.5, 0.6) is 0 Å². The van der Waals surface area contributed by atoms with Crippen LogP contribution in [0.2, 0.25) is 0 Å². The molecule has 1 aliphatic rings. The van der Waals surface area contributed by atoms with Gasteiger partial charge in [-0.25, -0.2) is 0 Å². The predicted octanol–water partition coefficient (Wildman–Crippen LogP) is -2.42. The molecular weight excluding hydrogens is 222 g/mol. The Morgan fingerprint density at radius 3 is 2.50 bits per heavy atom. The topological polar surface area (TPSA) is 108 Å². The normalized spacial score (nSPS) is 39.4. The third kappa shape index (κ3) is 2.69. The Balaban J connectivity index is 2.77. The molecule has 1 aliphatic heterocycles. The zero-order chi connectivity index (χ0) is 12.3. The number of nitrogens with one attached hydrogen (secondary N) is 1. The van der Waals surface area contributed by atoms with E-state index in [4.69, 9.17) is 14.6 Å². The summed E-state index contributed by atoms with van der Waals surface area (Å²) in [4.78, 5) is 10.9. The molecule has 7 nitrogen and oxygen atoms in total. The van der Waals surface area contributed by atoms with Crippen LogP contribution in [0.3, 0.4) is 0 Å². The highest BCUT2D eigenvalue weighted by atomic mass is 16.8. The number of carbonyl (C=O) groups excluding carboxylic acids is 1. The Kier molecular flexibility index (Phi) is 4.63. The lowest BCUT2D eigenvalue weighted by atomic mass is 10.0. The summed E-state index contributed by atoms with van der Waals surface area (Å²) in [5.74, 6) is -0.371. The maximum absolute atomic E-state index is 10.9. The smallest absolute Gasteiger partial charge is 0.217 e. The number of hydrogen-bond donors (Lipinski definition) is 4. The van der Waals surface area contributed by atoms with E-state index < -0.39 is 37.3 Å². The minimum atomic E-state index is -1.27. The molecule has 1 rings (SSSR count). The number of amides is 1. The molecule has 1 fully saturated rings. The van der Waals surface area contributed by atoms with Gasteiger partial charge in [0.25, 0.3) is 0 Å². The zero-order valence-electron chi connectivity index (χ0n) is 9.16. The molecule has 94 valence electrons. The fourth-order valence-electron chi connectivity index (χ4n) is 1.67. The molecule has 0 aromatic heterocycles. The van der Waals surface area contributed by atoms with Crippen LogP contribution < -0.4 is 5.32 Å². The molecule has 0 saturated carbocycles. The van der Waals surface area contributed by atoms with E-state index in [0.717, 1.165) is 0 Å². The Bertz CT molecular complexity index is 246. The number of aliphatic hydroxyl groups is 3. The number of carbonyl (C=O) groups is 1. The summed E-state index contributed by atoms with van der Waals surface area (Å²) in [6.45, 7) is 0.842. The van der Waals surface area contributed by atoms with E-state index in [1.54, 1.807) is 0 Å². The second-order valence-electron chi connectivity index (χ2n) is 3.67. The molecule has 5 atom stereocenters. The van der Waals surface area contributed by atoms with Gasteiger partial charge in [-0.1, -0.05) is 0 Å². The van der Waals surface area contributed by atoms with Crippen LogP contribution in [0.1, 0.15) is 6.92 Å². The average molecular weight is 239 g/mol. The number of aliphatic hydroxyl groups excluding tert-OH is 3. The van der Waals surface area contributed by atoms with Gasteiger partial charge in [0.2, 0.25) is 5.91 Å². The van der Waals surface area contributed by atoms with Crippen molar-refractivity contribution < 1.29 is 29.6 Å². The lowest BCUT2D eigenvalue weighted by molar-refractivity contribution is -0.262. The van der Waals surface area contributed by atoms with Gasteiger partial charge in [0.1, 0.15) is 24.4 Å². The first-order valence-electron chi connectivity index (χ1n) is 4.93. The first-order valence-corrected chi connectivity index (χ1v) is 4.93. The molecule has 0 unspecified atom stereocenters. The molecule has 0 aromatic carbocycles. The summed E-state index contributed by atoms with van der Waals surface area (Å²) in [6, 6.07) is -0.861. The third-order valence-electron chi connectivity index (χ3n) is 2.48. The summed E-state index contributed by atoms with van der Waals surface area (Å²) < 4.78 is 10.1. The van der Waals surface area contributed by atoms with E-state index in [9.17, 15) is 15.0 Å². The quantitative estimate of drug-likeness (QED) is 0.322. The van der Waals surface area contributed by atoms with E-state index in [2.05, 4.69) is 5.32 Å². The van der Waals surface area contributed by atoms with Gasteiger partial charge < -0.3 is 30.1 Å². The minimum absolute atomic E-state index is 0.371. The summed E-state index contributed by atoms with van der Waals surface area (Å²) in [7, 11) is 1.35. The maximum atomic E-state index is 10.9. The lowest BCUT2D eigenvalue weighted by Gasteiger charge is -2.41. The Morgan fingerprint density at radius 1 is 1.44 bits per heavy atom. The van der Waals surface area contributed by atoms with Gasteiger partial charge in [-0.15, -0.1) is 0 Å². The Morgan fingerprint density at radius 2 is 2.06 bits per heavy atom.